The molecule has 0 saturated carbocycles. The molecule has 0 amide bonds. The van der Waals surface area contributed by atoms with Gasteiger partial charge in [-0.15, -0.1) is 0 Å². The van der Waals surface area contributed by atoms with Crippen molar-refractivity contribution in [2.45, 2.75) is 0 Å². The van der Waals surface area contributed by atoms with Gasteiger partial charge in [-0.1, -0.05) is 12.1 Å². The van der Waals surface area contributed by atoms with Crippen molar-refractivity contribution in [1.29, 1.82) is 0 Å². The summed E-state index contributed by atoms with van der Waals surface area (Å²) in [5.41, 5.74) is 0.591. The lowest BCUT2D eigenvalue weighted by atomic mass is 9.92. The molecular formula is C6H6BFO. The van der Waals surface area contributed by atoms with Gasteiger partial charge in [-0.25, -0.2) is 0 Å². The van der Waals surface area contributed by atoms with Crippen molar-refractivity contribution in [3.8, 4) is 5.75 Å². The van der Waals surface area contributed by atoms with Gasteiger partial charge in [0.15, 0.2) is 0 Å². The van der Waals surface area contributed by atoms with Gasteiger partial charge in [0.2, 0.25) is 0 Å². The van der Waals surface area contributed by atoms with E-state index in [2.05, 4.69) is 0 Å². The first-order chi connectivity index (χ1) is 4.33. The van der Waals surface area contributed by atoms with E-state index in [0.717, 1.165) is 0 Å². The highest BCUT2D eigenvalue weighted by Gasteiger charge is 1.91. The Hall–Kier alpha value is -0.985. The third kappa shape index (κ3) is 1.45. The highest BCUT2D eigenvalue weighted by molar-refractivity contribution is 6.46. The van der Waals surface area contributed by atoms with Crippen LogP contribution in [-0.4, -0.2) is 12.7 Å². The molecule has 0 heterocycles. The minimum atomic E-state index is -0.472. The molecule has 0 aromatic heterocycles. The smallest absolute Gasteiger partial charge is 0.364 e. The summed E-state index contributed by atoms with van der Waals surface area (Å²) in [4.78, 5) is 0. The monoisotopic (exact) mass is 124 g/mol. The minimum absolute atomic E-state index is 0.173. The molecule has 0 saturated heterocycles. The van der Waals surface area contributed by atoms with Crippen LogP contribution in [0.15, 0.2) is 24.3 Å². The maximum atomic E-state index is 11.8. The summed E-state index contributed by atoms with van der Waals surface area (Å²) in [5, 5.41) is 8.73. The van der Waals surface area contributed by atoms with E-state index in [1.807, 2.05) is 0 Å². The molecule has 0 bridgehead atoms. The lowest BCUT2D eigenvalue weighted by molar-refractivity contribution is 0.475. The van der Waals surface area contributed by atoms with Crippen molar-refractivity contribution in [3.05, 3.63) is 24.3 Å². The van der Waals surface area contributed by atoms with Gasteiger partial charge in [0.1, 0.15) is 5.75 Å². The number of phenolic OH excluding ortho intramolecular Hbond substituents is 1. The molecule has 0 atom stereocenters. The Kier molecular flexibility index (Phi) is 1.73. The van der Waals surface area contributed by atoms with Crippen LogP contribution in [0.5, 0.6) is 5.75 Å². The molecule has 0 unspecified atom stereocenters. The van der Waals surface area contributed by atoms with Gasteiger partial charge in [0, 0.05) is 0 Å². The second-order valence-corrected chi connectivity index (χ2v) is 1.80. The van der Waals surface area contributed by atoms with E-state index in [4.69, 9.17) is 5.11 Å². The molecule has 1 N–H and O–H groups in total. The first kappa shape index (κ1) is 6.14. The molecule has 1 nitrogen and oxygen atoms in total. The van der Waals surface area contributed by atoms with Gasteiger partial charge < -0.3 is 9.42 Å². The summed E-state index contributed by atoms with van der Waals surface area (Å²) in [7, 11) is -0.472. The number of hydrogen-bond acceptors (Lipinski definition) is 1. The molecule has 1 aromatic carbocycles. The van der Waals surface area contributed by atoms with Gasteiger partial charge in [0.05, 0.1) is 0 Å². The molecule has 3 heteroatoms. The van der Waals surface area contributed by atoms with Crippen LogP contribution in [0.3, 0.4) is 0 Å². The largest absolute Gasteiger partial charge is 0.508 e. The van der Waals surface area contributed by atoms with Crippen molar-refractivity contribution < 1.29 is 9.42 Å². The zero-order valence-corrected chi connectivity index (χ0v) is 4.84. The minimum Gasteiger partial charge on any atom is -0.508 e. The summed E-state index contributed by atoms with van der Waals surface area (Å²) in [6.45, 7) is 0. The van der Waals surface area contributed by atoms with Crippen LogP contribution in [-0.2, 0) is 0 Å². The Morgan fingerprint density at radius 1 is 1.22 bits per heavy atom. The number of hydrogen-bond donors (Lipinski definition) is 1. The average molecular weight is 124 g/mol. The Balaban J connectivity index is 2.88. The van der Waals surface area contributed by atoms with E-state index in [1.54, 1.807) is 12.1 Å². The zero-order valence-electron chi connectivity index (χ0n) is 4.84. The molecular weight excluding hydrogens is 118 g/mol. The van der Waals surface area contributed by atoms with Gasteiger partial charge in [-0.05, 0) is 17.6 Å². The molecule has 0 fully saturated rings. The quantitative estimate of drug-likeness (QED) is 0.535. The fourth-order valence-electron chi connectivity index (χ4n) is 0.585. The molecule has 9 heavy (non-hydrogen) atoms. The normalized spacial score (nSPS) is 9.00. The number of benzene rings is 1. The van der Waals surface area contributed by atoms with Crippen LogP contribution >= 0.6 is 0 Å². The molecule has 46 valence electrons. The fraction of sp³-hybridized carbons (Fsp3) is 0. The van der Waals surface area contributed by atoms with Crippen LogP contribution in [0.1, 0.15) is 0 Å². The van der Waals surface area contributed by atoms with E-state index in [9.17, 15) is 4.32 Å². The molecule has 0 spiro atoms. The Morgan fingerprint density at radius 3 is 2.22 bits per heavy atom. The van der Waals surface area contributed by atoms with Crippen LogP contribution in [0, 0.1) is 0 Å². The summed E-state index contributed by atoms with van der Waals surface area (Å²) < 4.78 is 11.8. The molecule has 0 radical (unpaired) electrons. The van der Waals surface area contributed by atoms with Crippen LogP contribution in [0.4, 0.5) is 4.32 Å². The lowest BCUT2D eigenvalue weighted by Crippen LogP contribution is -2.06. The first-order valence-corrected chi connectivity index (χ1v) is 2.67. The van der Waals surface area contributed by atoms with Gasteiger partial charge in [-0.3, -0.25) is 0 Å². The van der Waals surface area contributed by atoms with Crippen LogP contribution in [0.2, 0.25) is 0 Å². The Labute approximate surface area is 53.4 Å². The maximum Gasteiger partial charge on any atom is 0.364 e. The van der Waals surface area contributed by atoms with E-state index in [-0.39, 0.29) is 5.75 Å². The predicted molar refractivity (Wildman–Crippen MR) is 36.0 cm³/mol. The zero-order chi connectivity index (χ0) is 6.69. The molecule has 1 rings (SSSR count). The summed E-state index contributed by atoms with van der Waals surface area (Å²) in [5.74, 6) is 0.173. The topological polar surface area (TPSA) is 20.2 Å². The first-order valence-electron chi connectivity index (χ1n) is 2.67. The number of halogens is 1. The summed E-state index contributed by atoms with van der Waals surface area (Å²) in [6, 6.07) is 6.04. The predicted octanol–water partition coefficient (Wildman–Crippen LogP) is 0.338. The van der Waals surface area contributed by atoms with Crippen LogP contribution in [0.25, 0.3) is 0 Å². The van der Waals surface area contributed by atoms with E-state index in [1.165, 1.54) is 12.1 Å². The highest BCUT2D eigenvalue weighted by atomic mass is 19.1. The summed E-state index contributed by atoms with van der Waals surface area (Å²) >= 11 is 0. The number of aromatic hydroxyl groups is 1. The van der Waals surface area contributed by atoms with Gasteiger partial charge >= 0.3 is 7.56 Å². The standard InChI is InChI=1S/C6H6BFO/c8-7-5-1-3-6(9)4-2-5/h1-4,7,9H. The van der Waals surface area contributed by atoms with Crippen molar-refractivity contribution >= 4 is 13.0 Å². The highest BCUT2D eigenvalue weighted by Crippen LogP contribution is 2.02. The fourth-order valence-corrected chi connectivity index (χ4v) is 0.585. The summed E-state index contributed by atoms with van der Waals surface area (Å²) in [6.07, 6.45) is 0. The maximum absolute atomic E-state index is 11.8. The average Bonchev–Trinajstić information content (AvgIpc) is 1.90. The van der Waals surface area contributed by atoms with E-state index < -0.39 is 7.56 Å². The van der Waals surface area contributed by atoms with Crippen LogP contribution < -0.4 is 5.46 Å². The second kappa shape index (κ2) is 2.53. The molecule has 0 aliphatic rings. The second-order valence-electron chi connectivity index (χ2n) is 1.80. The van der Waals surface area contributed by atoms with Crippen molar-refractivity contribution in [2.24, 2.45) is 0 Å². The number of phenols is 1. The molecule has 0 aliphatic carbocycles. The SMILES string of the molecule is Oc1ccc(BF)cc1. The van der Waals surface area contributed by atoms with Gasteiger partial charge in [-0.2, -0.15) is 0 Å². The lowest BCUT2D eigenvalue weighted by Gasteiger charge is -1.90. The van der Waals surface area contributed by atoms with Gasteiger partial charge in [0.25, 0.3) is 0 Å². The Morgan fingerprint density at radius 2 is 1.78 bits per heavy atom. The number of rotatable bonds is 1. The third-order valence-corrected chi connectivity index (χ3v) is 1.09. The molecule has 1 aromatic rings. The molecule has 0 aliphatic heterocycles. The third-order valence-electron chi connectivity index (χ3n) is 1.09. The Bertz CT molecular complexity index is 185. The van der Waals surface area contributed by atoms with E-state index in [0.29, 0.717) is 5.46 Å². The van der Waals surface area contributed by atoms with Crippen molar-refractivity contribution in [3.63, 3.8) is 0 Å². The van der Waals surface area contributed by atoms with Crippen molar-refractivity contribution in [2.75, 3.05) is 0 Å². The van der Waals surface area contributed by atoms with Crippen molar-refractivity contribution in [1.82, 2.24) is 0 Å². The van der Waals surface area contributed by atoms with E-state index >= 15 is 0 Å².